The lowest BCUT2D eigenvalue weighted by Gasteiger charge is -2.12. The van der Waals surface area contributed by atoms with Gasteiger partial charge in [0.1, 0.15) is 12.4 Å². The number of ether oxygens (including phenoxy) is 3. The zero-order valence-corrected chi connectivity index (χ0v) is 11.0. The van der Waals surface area contributed by atoms with E-state index in [9.17, 15) is 4.79 Å². The van der Waals surface area contributed by atoms with Crippen LogP contribution in [-0.2, 0) is 14.3 Å². The van der Waals surface area contributed by atoms with Gasteiger partial charge < -0.3 is 14.2 Å². The summed E-state index contributed by atoms with van der Waals surface area (Å²) in [6.45, 7) is 4.11. The number of benzene rings is 1. The molecule has 3 atom stereocenters. The Morgan fingerprint density at radius 1 is 1.47 bits per heavy atom. The summed E-state index contributed by atoms with van der Waals surface area (Å²) in [6, 6.07) is 9.53. The lowest BCUT2D eigenvalue weighted by atomic mass is 10.00. The van der Waals surface area contributed by atoms with Gasteiger partial charge in [-0.25, -0.2) is 0 Å². The van der Waals surface area contributed by atoms with Crippen LogP contribution in [0.2, 0.25) is 0 Å². The largest absolute Gasteiger partial charge is 0.491 e. The average Bonchev–Trinajstić information content (AvgIpc) is 2.88. The Labute approximate surface area is 113 Å². The molecule has 0 bridgehead atoms. The molecule has 0 saturated carbocycles. The van der Waals surface area contributed by atoms with Gasteiger partial charge >= 0.3 is 5.97 Å². The highest BCUT2D eigenvalue weighted by molar-refractivity contribution is 5.73. The van der Waals surface area contributed by atoms with E-state index in [0.29, 0.717) is 13.0 Å². The topological polar surface area (TPSA) is 44.8 Å². The molecule has 2 rings (SSSR count). The number of para-hydroxylation sites is 1. The Morgan fingerprint density at radius 3 is 2.84 bits per heavy atom. The van der Waals surface area contributed by atoms with Crippen molar-refractivity contribution < 1.29 is 19.0 Å². The van der Waals surface area contributed by atoms with Crippen LogP contribution in [0.1, 0.15) is 6.42 Å². The fourth-order valence-corrected chi connectivity index (χ4v) is 2.20. The van der Waals surface area contributed by atoms with Crippen molar-refractivity contribution in [2.24, 2.45) is 5.92 Å². The maximum absolute atomic E-state index is 11.6. The number of esters is 1. The van der Waals surface area contributed by atoms with Crippen LogP contribution in [0.4, 0.5) is 0 Å². The Bertz CT molecular complexity index is 429. The Morgan fingerprint density at radius 2 is 2.21 bits per heavy atom. The van der Waals surface area contributed by atoms with Crippen molar-refractivity contribution in [3.05, 3.63) is 43.0 Å². The van der Waals surface area contributed by atoms with Gasteiger partial charge in [-0.1, -0.05) is 24.3 Å². The van der Waals surface area contributed by atoms with Gasteiger partial charge in [0.25, 0.3) is 0 Å². The Balaban J connectivity index is 1.89. The van der Waals surface area contributed by atoms with Crippen LogP contribution in [0.15, 0.2) is 43.0 Å². The fraction of sp³-hybridized carbons (Fsp3) is 0.400. The number of rotatable bonds is 5. The van der Waals surface area contributed by atoms with Gasteiger partial charge in [0.15, 0.2) is 0 Å². The first kappa shape index (κ1) is 13.6. The molecular formula is C15H18O4. The average molecular weight is 262 g/mol. The van der Waals surface area contributed by atoms with Crippen molar-refractivity contribution in [1.29, 1.82) is 0 Å². The first-order valence-electron chi connectivity index (χ1n) is 6.28. The van der Waals surface area contributed by atoms with Gasteiger partial charge in [-0.15, -0.1) is 6.58 Å². The van der Waals surface area contributed by atoms with E-state index in [-0.39, 0.29) is 24.1 Å². The summed E-state index contributed by atoms with van der Waals surface area (Å²) in [5, 5.41) is 0. The van der Waals surface area contributed by atoms with Crippen LogP contribution in [-0.4, -0.2) is 31.9 Å². The molecule has 1 heterocycles. The first-order chi connectivity index (χ1) is 9.24. The molecule has 0 aromatic heterocycles. The van der Waals surface area contributed by atoms with Gasteiger partial charge in [-0.3, -0.25) is 4.79 Å². The lowest BCUT2D eigenvalue weighted by Crippen LogP contribution is -2.23. The van der Waals surface area contributed by atoms with Gasteiger partial charge in [-0.2, -0.15) is 0 Å². The van der Waals surface area contributed by atoms with E-state index in [2.05, 4.69) is 6.58 Å². The molecule has 1 fully saturated rings. The van der Waals surface area contributed by atoms with Gasteiger partial charge in [-0.05, 0) is 18.6 Å². The Kier molecular flexibility index (Phi) is 4.58. The SMILES string of the molecule is C=C[C@@H]1O[C@H](COc2ccccc2)C[C@H]1C(=O)OC. The second kappa shape index (κ2) is 6.38. The van der Waals surface area contributed by atoms with Crippen molar-refractivity contribution in [3.8, 4) is 5.75 Å². The molecule has 4 nitrogen and oxygen atoms in total. The summed E-state index contributed by atoms with van der Waals surface area (Å²) < 4.78 is 16.1. The minimum absolute atomic E-state index is 0.118. The van der Waals surface area contributed by atoms with Crippen LogP contribution < -0.4 is 4.74 Å². The normalized spacial score (nSPS) is 25.8. The van der Waals surface area contributed by atoms with E-state index < -0.39 is 0 Å². The van der Waals surface area contributed by atoms with Crippen LogP contribution in [0.25, 0.3) is 0 Å². The monoisotopic (exact) mass is 262 g/mol. The standard InChI is InChI=1S/C15H18O4/c1-3-14-13(15(16)17-2)9-12(19-14)10-18-11-7-5-4-6-8-11/h3-8,12-14H,1,9-10H2,2H3/t12-,13+,14-/m0/s1. The zero-order chi connectivity index (χ0) is 13.7. The summed E-state index contributed by atoms with van der Waals surface area (Å²) >= 11 is 0. The lowest BCUT2D eigenvalue weighted by molar-refractivity contribution is -0.146. The van der Waals surface area contributed by atoms with Crippen LogP contribution >= 0.6 is 0 Å². The third kappa shape index (κ3) is 3.35. The second-order valence-electron chi connectivity index (χ2n) is 4.45. The molecule has 0 amide bonds. The van der Waals surface area contributed by atoms with Crippen LogP contribution in [0, 0.1) is 5.92 Å². The van der Waals surface area contributed by atoms with Crippen molar-refractivity contribution >= 4 is 5.97 Å². The summed E-state index contributed by atoms with van der Waals surface area (Å²) in [4.78, 5) is 11.6. The molecule has 1 aromatic carbocycles. The minimum Gasteiger partial charge on any atom is -0.491 e. The molecule has 0 radical (unpaired) electrons. The molecule has 1 saturated heterocycles. The summed E-state index contributed by atoms with van der Waals surface area (Å²) in [5.74, 6) is 0.252. The maximum atomic E-state index is 11.6. The van der Waals surface area contributed by atoms with E-state index in [1.807, 2.05) is 30.3 Å². The highest BCUT2D eigenvalue weighted by atomic mass is 16.6. The predicted molar refractivity (Wildman–Crippen MR) is 70.9 cm³/mol. The summed E-state index contributed by atoms with van der Waals surface area (Å²) in [5.41, 5.74) is 0. The van der Waals surface area contributed by atoms with E-state index in [1.165, 1.54) is 7.11 Å². The van der Waals surface area contributed by atoms with E-state index in [0.717, 1.165) is 5.75 Å². The molecule has 4 heteroatoms. The molecule has 0 N–H and O–H groups in total. The van der Waals surface area contributed by atoms with Crippen LogP contribution in [0.3, 0.4) is 0 Å². The molecule has 1 aliphatic heterocycles. The summed E-state index contributed by atoms with van der Waals surface area (Å²) in [7, 11) is 1.39. The molecule has 1 aromatic rings. The molecule has 102 valence electrons. The van der Waals surface area contributed by atoms with E-state index in [4.69, 9.17) is 14.2 Å². The van der Waals surface area contributed by atoms with Crippen molar-refractivity contribution in [1.82, 2.24) is 0 Å². The number of carbonyl (C=O) groups excluding carboxylic acids is 1. The molecule has 0 spiro atoms. The fourth-order valence-electron chi connectivity index (χ4n) is 2.20. The van der Waals surface area contributed by atoms with Crippen LogP contribution in [0.5, 0.6) is 5.75 Å². The van der Waals surface area contributed by atoms with Gasteiger partial charge in [0, 0.05) is 0 Å². The minimum atomic E-state index is -0.295. The maximum Gasteiger partial charge on any atom is 0.311 e. The quantitative estimate of drug-likeness (QED) is 0.603. The number of hydrogen-bond acceptors (Lipinski definition) is 4. The highest BCUT2D eigenvalue weighted by Gasteiger charge is 2.39. The first-order valence-corrected chi connectivity index (χ1v) is 6.28. The second-order valence-corrected chi connectivity index (χ2v) is 4.45. The molecular weight excluding hydrogens is 244 g/mol. The third-order valence-corrected chi connectivity index (χ3v) is 3.18. The van der Waals surface area contributed by atoms with Crippen molar-refractivity contribution in [3.63, 3.8) is 0 Å². The molecule has 0 aliphatic carbocycles. The number of methoxy groups -OCH3 is 1. The molecule has 19 heavy (non-hydrogen) atoms. The van der Waals surface area contributed by atoms with Gasteiger partial charge in [0.05, 0.1) is 25.2 Å². The Hall–Kier alpha value is -1.81. The van der Waals surface area contributed by atoms with E-state index >= 15 is 0 Å². The zero-order valence-electron chi connectivity index (χ0n) is 11.0. The number of carbonyl (C=O) groups is 1. The smallest absolute Gasteiger partial charge is 0.311 e. The highest BCUT2D eigenvalue weighted by Crippen LogP contribution is 2.28. The van der Waals surface area contributed by atoms with E-state index in [1.54, 1.807) is 6.08 Å². The van der Waals surface area contributed by atoms with Gasteiger partial charge in [0.2, 0.25) is 0 Å². The molecule has 1 aliphatic rings. The molecule has 0 unspecified atom stereocenters. The predicted octanol–water partition coefficient (Wildman–Crippen LogP) is 2.20. The van der Waals surface area contributed by atoms with Crippen molar-refractivity contribution in [2.45, 2.75) is 18.6 Å². The third-order valence-electron chi connectivity index (χ3n) is 3.18. The number of hydrogen-bond donors (Lipinski definition) is 0. The van der Waals surface area contributed by atoms with Crippen molar-refractivity contribution in [2.75, 3.05) is 13.7 Å². The summed E-state index contributed by atoms with van der Waals surface area (Å²) in [6.07, 6.45) is 1.82.